The molecule has 1 aromatic heterocycles. The van der Waals surface area contributed by atoms with E-state index in [1.165, 1.54) is 71.0 Å². The van der Waals surface area contributed by atoms with E-state index >= 15 is 0 Å². The van der Waals surface area contributed by atoms with Crippen LogP contribution in [0.2, 0.25) is 0 Å². The zero-order chi connectivity index (χ0) is 25.5. The third-order valence-corrected chi connectivity index (χ3v) is 8.51. The molecule has 1 N–H and O–H groups in total. The van der Waals surface area contributed by atoms with Crippen LogP contribution in [-0.2, 0) is 0 Å². The van der Waals surface area contributed by atoms with Crippen molar-refractivity contribution in [3.8, 4) is 11.5 Å². The summed E-state index contributed by atoms with van der Waals surface area (Å²) in [5.41, 5.74) is 0.969. The van der Waals surface area contributed by atoms with Crippen LogP contribution in [0, 0.1) is 0 Å². The number of methoxy groups -OCH3 is 1. The third kappa shape index (κ3) is 6.85. The van der Waals surface area contributed by atoms with E-state index in [1.807, 2.05) is 0 Å². The fourth-order valence-electron chi connectivity index (χ4n) is 6.37. The number of hydrogen-bond donors (Lipinski definition) is 1. The van der Waals surface area contributed by atoms with Crippen LogP contribution in [-0.4, -0.2) is 78.8 Å². The second kappa shape index (κ2) is 13.1. The lowest BCUT2D eigenvalue weighted by molar-refractivity contribution is 0.219. The van der Waals surface area contributed by atoms with E-state index in [-0.39, 0.29) is 0 Å². The molecule has 3 aliphatic rings. The second-order valence-corrected chi connectivity index (χ2v) is 11.3. The average Bonchev–Trinajstić information content (AvgIpc) is 3.46. The van der Waals surface area contributed by atoms with E-state index in [4.69, 9.17) is 19.4 Å². The average molecular weight is 510 g/mol. The van der Waals surface area contributed by atoms with Crippen LogP contribution < -0.4 is 14.8 Å². The monoisotopic (exact) mass is 509 g/mol. The molecule has 2 saturated heterocycles. The molecule has 0 unspecified atom stereocenters. The molecule has 7 nitrogen and oxygen atoms in total. The smallest absolute Gasteiger partial charge is 0.163 e. The first kappa shape index (κ1) is 26.5. The van der Waals surface area contributed by atoms with Gasteiger partial charge in [-0.25, -0.2) is 9.97 Å². The topological polar surface area (TPSA) is 62.8 Å². The van der Waals surface area contributed by atoms with Crippen molar-refractivity contribution in [2.24, 2.45) is 0 Å². The minimum atomic E-state index is 0.443. The molecule has 3 heterocycles. The number of fused-ring (bicyclic) bond motifs is 1. The molecule has 0 spiro atoms. The highest BCUT2D eigenvalue weighted by atomic mass is 16.5. The van der Waals surface area contributed by atoms with Crippen molar-refractivity contribution in [1.82, 2.24) is 19.8 Å². The van der Waals surface area contributed by atoms with Crippen molar-refractivity contribution in [1.29, 1.82) is 0 Å². The number of benzene rings is 1. The van der Waals surface area contributed by atoms with Crippen molar-refractivity contribution in [3.05, 3.63) is 18.0 Å². The number of nitrogens with one attached hydrogen (secondary N) is 1. The van der Waals surface area contributed by atoms with Crippen LogP contribution in [0.4, 0.5) is 5.82 Å². The minimum Gasteiger partial charge on any atom is -0.493 e. The molecule has 2 aromatic rings. The Morgan fingerprint density at radius 1 is 0.865 bits per heavy atom. The molecule has 0 bridgehead atoms. The molecule has 1 aromatic carbocycles. The van der Waals surface area contributed by atoms with Crippen molar-refractivity contribution in [2.75, 3.05) is 58.3 Å². The maximum absolute atomic E-state index is 6.27. The molecule has 0 amide bonds. The minimum absolute atomic E-state index is 0.443. The van der Waals surface area contributed by atoms with E-state index in [0.717, 1.165) is 72.9 Å². The van der Waals surface area contributed by atoms with Gasteiger partial charge < -0.3 is 24.6 Å². The van der Waals surface area contributed by atoms with Gasteiger partial charge in [-0.15, -0.1) is 0 Å². The van der Waals surface area contributed by atoms with Gasteiger partial charge in [-0.2, -0.15) is 0 Å². The predicted octanol–water partition coefficient (Wildman–Crippen LogP) is 5.84. The van der Waals surface area contributed by atoms with Gasteiger partial charge in [-0.3, -0.25) is 0 Å². The van der Waals surface area contributed by atoms with Crippen LogP contribution in [0.1, 0.15) is 89.3 Å². The molecule has 1 aliphatic carbocycles. The summed E-state index contributed by atoms with van der Waals surface area (Å²) in [6.45, 7) is 10.0. The lowest BCUT2D eigenvalue weighted by Gasteiger charge is -2.32. The Labute approximate surface area is 223 Å². The number of ether oxygens (including phenoxy) is 2. The normalized spacial score (nSPS) is 20.5. The van der Waals surface area contributed by atoms with Crippen molar-refractivity contribution >= 4 is 16.7 Å². The summed E-state index contributed by atoms with van der Waals surface area (Å²) in [6, 6.07) is 4.62. The highest BCUT2D eigenvalue weighted by Crippen LogP contribution is 2.38. The second-order valence-electron chi connectivity index (χ2n) is 11.3. The Bertz CT molecular complexity index is 995. The first-order chi connectivity index (χ1) is 18.2. The van der Waals surface area contributed by atoms with Crippen molar-refractivity contribution < 1.29 is 9.47 Å². The summed E-state index contributed by atoms with van der Waals surface area (Å²) >= 11 is 0. The van der Waals surface area contributed by atoms with Gasteiger partial charge >= 0.3 is 0 Å². The van der Waals surface area contributed by atoms with Crippen LogP contribution in [0.3, 0.4) is 0 Å². The maximum atomic E-state index is 6.27. The number of hydrogen-bond acceptors (Lipinski definition) is 7. The highest BCUT2D eigenvalue weighted by Gasteiger charge is 2.24. The highest BCUT2D eigenvalue weighted by molar-refractivity contribution is 5.92. The molecule has 2 aliphatic heterocycles. The predicted molar refractivity (Wildman–Crippen MR) is 151 cm³/mol. The van der Waals surface area contributed by atoms with Crippen molar-refractivity contribution in [2.45, 2.75) is 89.5 Å². The number of likely N-dealkylation sites (tertiary alicyclic amines) is 2. The van der Waals surface area contributed by atoms with Gasteiger partial charge in [0.15, 0.2) is 11.5 Å². The van der Waals surface area contributed by atoms with E-state index in [2.05, 4.69) is 34.2 Å². The van der Waals surface area contributed by atoms with E-state index < -0.39 is 0 Å². The fourth-order valence-corrected chi connectivity index (χ4v) is 6.37. The van der Waals surface area contributed by atoms with E-state index in [9.17, 15) is 0 Å². The summed E-state index contributed by atoms with van der Waals surface area (Å²) in [5.74, 6) is 3.99. The number of rotatable bonds is 11. The summed E-state index contributed by atoms with van der Waals surface area (Å²) < 4.78 is 12.1. The molecule has 3 fully saturated rings. The fraction of sp³-hybridized carbons (Fsp3) is 0.733. The van der Waals surface area contributed by atoms with Gasteiger partial charge in [0.2, 0.25) is 0 Å². The van der Waals surface area contributed by atoms with E-state index in [0.29, 0.717) is 18.6 Å². The number of piperidine rings is 1. The molecule has 0 atom stereocenters. The van der Waals surface area contributed by atoms with Gasteiger partial charge in [0, 0.05) is 43.0 Å². The number of aromatic nitrogens is 2. The lowest BCUT2D eigenvalue weighted by Crippen LogP contribution is -2.39. The first-order valence-electron chi connectivity index (χ1n) is 15.0. The Balaban J connectivity index is 1.36. The summed E-state index contributed by atoms with van der Waals surface area (Å²) in [4.78, 5) is 15.4. The quantitative estimate of drug-likeness (QED) is 0.382. The Hall–Kier alpha value is -2.12. The molecule has 5 rings (SSSR count). The van der Waals surface area contributed by atoms with Crippen LogP contribution >= 0.6 is 0 Å². The van der Waals surface area contributed by atoms with Gasteiger partial charge in [0.25, 0.3) is 0 Å². The Morgan fingerprint density at radius 3 is 2.35 bits per heavy atom. The summed E-state index contributed by atoms with van der Waals surface area (Å²) in [5, 5.41) is 4.88. The van der Waals surface area contributed by atoms with Gasteiger partial charge in [-0.05, 0) is 77.1 Å². The first-order valence-corrected chi connectivity index (χ1v) is 15.0. The van der Waals surface area contributed by atoms with Gasteiger partial charge in [0.05, 0.1) is 19.2 Å². The van der Waals surface area contributed by atoms with Crippen molar-refractivity contribution in [3.63, 3.8) is 0 Å². The third-order valence-electron chi connectivity index (χ3n) is 8.51. The zero-order valence-corrected chi connectivity index (χ0v) is 23.1. The maximum Gasteiger partial charge on any atom is 0.163 e. The molecular weight excluding hydrogens is 462 g/mol. The molecule has 7 heteroatoms. The zero-order valence-electron chi connectivity index (χ0n) is 23.1. The van der Waals surface area contributed by atoms with Crippen LogP contribution in [0.5, 0.6) is 11.5 Å². The SMILES string of the molecule is CCCN1CCC(Nc2nc(C3CCCCC3)nc3cc(OCCCN4CCCC4)c(OC)cc23)CC1. The number of nitrogens with zero attached hydrogens (tertiary/aromatic N) is 4. The Morgan fingerprint density at radius 2 is 1.62 bits per heavy atom. The summed E-state index contributed by atoms with van der Waals surface area (Å²) in [7, 11) is 1.73. The number of anilines is 1. The molecule has 1 saturated carbocycles. The van der Waals surface area contributed by atoms with E-state index in [1.54, 1.807) is 7.11 Å². The molecular formula is C30H47N5O2. The van der Waals surface area contributed by atoms with Crippen LogP contribution in [0.15, 0.2) is 12.1 Å². The lowest BCUT2D eigenvalue weighted by atomic mass is 9.88. The van der Waals surface area contributed by atoms with Crippen LogP contribution in [0.25, 0.3) is 10.9 Å². The van der Waals surface area contributed by atoms with Gasteiger partial charge in [0.1, 0.15) is 11.6 Å². The largest absolute Gasteiger partial charge is 0.493 e. The Kier molecular flexibility index (Phi) is 9.38. The molecule has 0 radical (unpaired) electrons. The summed E-state index contributed by atoms with van der Waals surface area (Å²) in [6.07, 6.45) is 13.5. The standard InChI is InChI=1S/C30H47N5O2/c1-3-14-34-18-12-24(13-19-34)31-30-25-21-27(36-2)28(37-20-9-17-35-15-7-8-16-35)22-26(25)32-29(33-30)23-10-5-4-6-11-23/h21-24H,3-20H2,1-2H3,(H,31,32,33). The molecule has 204 valence electrons. The molecule has 37 heavy (non-hydrogen) atoms. The van der Waals surface area contributed by atoms with Gasteiger partial charge in [-0.1, -0.05) is 26.2 Å².